The van der Waals surface area contributed by atoms with E-state index in [1.165, 1.54) is 12.5 Å². The molecule has 4 heteroatoms. The van der Waals surface area contributed by atoms with Crippen LogP contribution in [0.25, 0.3) is 0 Å². The fourth-order valence-electron chi connectivity index (χ4n) is 1.53. The first-order valence-electron chi connectivity index (χ1n) is 10.1. The Kier molecular flexibility index (Phi) is 25.6. The van der Waals surface area contributed by atoms with Gasteiger partial charge in [0.05, 0.1) is 12.7 Å². The predicted molar refractivity (Wildman–Crippen MR) is 124 cm³/mol. The van der Waals surface area contributed by atoms with E-state index in [0.717, 1.165) is 42.7 Å². The number of rotatable bonds is 9. The maximum absolute atomic E-state index is 10.5. The lowest BCUT2D eigenvalue weighted by Crippen LogP contribution is -1.97. The number of ether oxygens (including phenoxy) is 1. The van der Waals surface area contributed by atoms with Gasteiger partial charge in [-0.2, -0.15) is 0 Å². The van der Waals surface area contributed by atoms with Crippen molar-refractivity contribution < 1.29 is 9.53 Å². The van der Waals surface area contributed by atoms with Gasteiger partial charge < -0.3 is 4.74 Å². The second-order valence-electron chi connectivity index (χ2n) is 7.96. The van der Waals surface area contributed by atoms with Crippen LogP contribution in [0.1, 0.15) is 74.1 Å². The van der Waals surface area contributed by atoms with Crippen LogP contribution in [0.5, 0.6) is 0 Å². The zero-order valence-corrected chi connectivity index (χ0v) is 20.3. The Hall–Kier alpha value is -0.310. The molecular formula is C23H44Cl2O2. The maximum atomic E-state index is 10.5. The third-order valence-corrected chi connectivity index (χ3v) is 3.95. The molecule has 0 aliphatic carbocycles. The van der Waals surface area contributed by atoms with Crippen molar-refractivity contribution in [2.24, 2.45) is 17.8 Å². The van der Waals surface area contributed by atoms with Crippen molar-refractivity contribution in [3.05, 3.63) is 24.8 Å². The number of hydrogen-bond donors (Lipinski definition) is 0. The number of carbonyl (C=O) groups excluding carboxylic acids is 1. The van der Waals surface area contributed by atoms with E-state index in [1.54, 1.807) is 0 Å². The molecule has 162 valence electrons. The Balaban J connectivity index is -0.000000287. The molecule has 0 aromatic rings. The molecule has 1 heterocycles. The zero-order valence-electron chi connectivity index (χ0n) is 18.8. The summed E-state index contributed by atoms with van der Waals surface area (Å²) in [5, 5.41) is 0. The predicted octanol–water partition coefficient (Wildman–Crippen LogP) is 7.68. The average Bonchev–Trinajstić information content (AvgIpc) is 3.38. The van der Waals surface area contributed by atoms with E-state index < -0.39 is 0 Å². The molecule has 0 N–H and O–H groups in total. The number of halogens is 2. The van der Waals surface area contributed by atoms with Gasteiger partial charge in [-0.05, 0) is 43.1 Å². The van der Waals surface area contributed by atoms with Crippen molar-refractivity contribution >= 4 is 29.0 Å². The molecule has 1 aliphatic rings. The second kappa shape index (κ2) is 22.0. The first-order valence-corrected chi connectivity index (χ1v) is 11.2. The number of carbonyl (C=O) groups is 1. The maximum Gasteiger partial charge on any atom is 0.155 e. The molecule has 0 spiro atoms. The summed E-state index contributed by atoms with van der Waals surface area (Å²) in [6.45, 7) is 22.9. The minimum atomic E-state index is 0.139. The van der Waals surface area contributed by atoms with Gasteiger partial charge in [-0.25, -0.2) is 0 Å². The van der Waals surface area contributed by atoms with Crippen molar-refractivity contribution in [1.29, 1.82) is 0 Å². The summed E-state index contributed by atoms with van der Waals surface area (Å²) in [7, 11) is 0. The van der Waals surface area contributed by atoms with Crippen LogP contribution in [0, 0.1) is 17.8 Å². The number of hydrogen-bond acceptors (Lipinski definition) is 2. The van der Waals surface area contributed by atoms with Crippen molar-refractivity contribution in [1.82, 2.24) is 0 Å². The first kappa shape index (κ1) is 31.4. The molecule has 0 bridgehead atoms. The molecular weight excluding hydrogens is 379 g/mol. The molecule has 1 aliphatic heterocycles. The topological polar surface area (TPSA) is 29.6 Å². The van der Waals surface area contributed by atoms with Gasteiger partial charge in [0.25, 0.3) is 0 Å². The van der Waals surface area contributed by atoms with Crippen LogP contribution in [0.15, 0.2) is 24.8 Å². The summed E-state index contributed by atoms with van der Waals surface area (Å²) in [6, 6.07) is 0. The standard InChI is InChI=1S/C7H12O.C6H12O.C5H11Cl.C5H9Cl/c1-4-7(8)5-6(2)3;1-5(2)3-6-4-7-6;1-5(2)3-4-6;1-3-5(2)4-6/h4,6H,1,5H2,2-3H3;5-6H,3-4H2,1-2H3;5H,3-4H2,1-2H3;2-4H2,1H3. The highest BCUT2D eigenvalue weighted by Gasteiger charge is 2.22. The summed E-state index contributed by atoms with van der Waals surface area (Å²) < 4.78 is 5.02. The minimum absolute atomic E-state index is 0.139. The van der Waals surface area contributed by atoms with E-state index in [0.29, 0.717) is 24.3 Å². The fourth-order valence-corrected chi connectivity index (χ4v) is 2.15. The Morgan fingerprint density at radius 3 is 1.70 bits per heavy atom. The smallest absolute Gasteiger partial charge is 0.155 e. The molecule has 1 fully saturated rings. The number of allylic oxidation sites excluding steroid dienone is 2. The van der Waals surface area contributed by atoms with Gasteiger partial charge in [-0.15, -0.1) is 23.2 Å². The van der Waals surface area contributed by atoms with Gasteiger partial charge in [0.2, 0.25) is 0 Å². The van der Waals surface area contributed by atoms with E-state index in [1.807, 2.05) is 20.8 Å². The molecule has 0 aromatic carbocycles. The Morgan fingerprint density at radius 1 is 1.11 bits per heavy atom. The van der Waals surface area contributed by atoms with Crippen LogP contribution in [0.3, 0.4) is 0 Å². The number of alkyl halides is 2. The van der Waals surface area contributed by atoms with Gasteiger partial charge in [0.15, 0.2) is 5.78 Å². The third-order valence-electron chi connectivity index (χ3n) is 3.35. The van der Waals surface area contributed by atoms with Crippen LogP contribution in [-0.2, 0) is 9.53 Å². The summed E-state index contributed by atoms with van der Waals surface area (Å²) in [5.74, 6) is 3.59. The lowest BCUT2D eigenvalue weighted by molar-refractivity contribution is -0.115. The van der Waals surface area contributed by atoms with Crippen molar-refractivity contribution in [3.63, 3.8) is 0 Å². The zero-order chi connectivity index (χ0) is 21.8. The lowest BCUT2D eigenvalue weighted by atomic mass is 10.1. The van der Waals surface area contributed by atoms with Crippen LogP contribution in [0.4, 0.5) is 0 Å². The Bertz CT molecular complexity index is 353. The summed E-state index contributed by atoms with van der Waals surface area (Å²) >= 11 is 10.7. The van der Waals surface area contributed by atoms with Gasteiger partial charge in [0, 0.05) is 18.2 Å². The molecule has 1 atom stereocenters. The van der Waals surface area contributed by atoms with Gasteiger partial charge >= 0.3 is 0 Å². The van der Waals surface area contributed by atoms with Gasteiger partial charge in [0.1, 0.15) is 0 Å². The molecule has 0 amide bonds. The van der Waals surface area contributed by atoms with Crippen LogP contribution < -0.4 is 0 Å². The summed E-state index contributed by atoms with van der Waals surface area (Å²) in [4.78, 5) is 10.5. The number of epoxide rings is 1. The molecule has 27 heavy (non-hydrogen) atoms. The summed E-state index contributed by atoms with van der Waals surface area (Å²) in [6.07, 6.45) is 6.02. The Morgan fingerprint density at radius 2 is 1.63 bits per heavy atom. The van der Waals surface area contributed by atoms with E-state index in [4.69, 9.17) is 27.9 Å². The van der Waals surface area contributed by atoms with Crippen LogP contribution in [0.2, 0.25) is 0 Å². The highest BCUT2D eigenvalue weighted by atomic mass is 35.5. The first-order chi connectivity index (χ1) is 12.5. The quantitative estimate of drug-likeness (QED) is 0.165. The molecule has 1 saturated heterocycles. The van der Waals surface area contributed by atoms with E-state index >= 15 is 0 Å². The van der Waals surface area contributed by atoms with Crippen LogP contribution in [-0.4, -0.2) is 30.3 Å². The highest BCUT2D eigenvalue weighted by molar-refractivity contribution is 6.19. The van der Waals surface area contributed by atoms with E-state index in [2.05, 4.69) is 40.9 Å². The van der Waals surface area contributed by atoms with Crippen molar-refractivity contribution in [3.8, 4) is 0 Å². The molecule has 2 nitrogen and oxygen atoms in total. The van der Waals surface area contributed by atoms with Crippen LogP contribution >= 0.6 is 23.2 Å². The molecule has 1 rings (SSSR count). The lowest BCUT2D eigenvalue weighted by Gasteiger charge is -1.96. The van der Waals surface area contributed by atoms with Crippen molar-refractivity contribution in [2.75, 3.05) is 18.4 Å². The van der Waals surface area contributed by atoms with Gasteiger partial charge in [-0.1, -0.05) is 67.2 Å². The average molecular weight is 424 g/mol. The fraction of sp³-hybridized carbons (Fsp3) is 0.783. The normalized spacial score (nSPS) is 14.3. The second-order valence-corrected chi connectivity index (χ2v) is 8.61. The van der Waals surface area contributed by atoms with Crippen molar-refractivity contribution in [2.45, 2.75) is 80.3 Å². The Labute approximate surface area is 179 Å². The SMILES string of the molecule is C=C(CC)CCl.C=CC(=O)CC(C)C.CC(C)CC1CO1.CC(C)CCCl. The third kappa shape index (κ3) is 37.2. The molecule has 0 radical (unpaired) electrons. The number of ketones is 1. The summed E-state index contributed by atoms with van der Waals surface area (Å²) in [5.41, 5.74) is 1.11. The molecule has 0 saturated carbocycles. The monoisotopic (exact) mass is 422 g/mol. The highest BCUT2D eigenvalue weighted by Crippen LogP contribution is 2.18. The minimum Gasteiger partial charge on any atom is -0.373 e. The molecule has 0 aromatic heterocycles. The van der Waals surface area contributed by atoms with E-state index in [9.17, 15) is 4.79 Å². The van der Waals surface area contributed by atoms with Gasteiger partial charge in [-0.3, -0.25) is 4.79 Å². The molecule has 1 unspecified atom stereocenters. The largest absolute Gasteiger partial charge is 0.373 e. The van der Waals surface area contributed by atoms with E-state index in [-0.39, 0.29) is 5.78 Å².